The summed E-state index contributed by atoms with van der Waals surface area (Å²) in [7, 11) is -4.11. The quantitative estimate of drug-likeness (QED) is 0.294. The minimum atomic E-state index is -4.11. The Morgan fingerprint density at radius 2 is 1.57 bits per heavy atom. The van der Waals surface area contributed by atoms with Crippen LogP contribution in [0.3, 0.4) is 0 Å². The highest BCUT2D eigenvalue weighted by atomic mass is 35.5. The molecule has 0 aliphatic carbocycles. The SMILES string of the molecule is O=C(CN(Cc1ccc(Cl)cc1Cl)S(=O)(=O)c1ccc(Cl)cc1)N/N=C\c1ccc(C(=O)O)cc1. The van der Waals surface area contributed by atoms with Crippen LogP contribution < -0.4 is 5.43 Å². The molecule has 0 saturated heterocycles. The number of carbonyl (C=O) groups excluding carboxylic acids is 1. The third-order valence-corrected chi connectivity index (χ3v) is 7.34. The number of sulfonamides is 1. The third-order valence-electron chi connectivity index (χ3n) is 4.69. The van der Waals surface area contributed by atoms with Crippen LogP contribution in [0.25, 0.3) is 0 Å². The number of amides is 1. The van der Waals surface area contributed by atoms with Crippen molar-refractivity contribution in [1.82, 2.24) is 9.73 Å². The van der Waals surface area contributed by atoms with Gasteiger partial charge in [-0.15, -0.1) is 0 Å². The molecule has 0 aliphatic rings. The van der Waals surface area contributed by atoms with Crippen molar-refractivity contribution in [3.05, 3.63) is 98.5 Å². The molecule has 0 bridgehead atoms. The fraction of sp³-hybridized carbons (Fsp3) is 0.0870. The smallest absolute Gasteiger partial charge is 0.335 e. The average molecular weight is 555 g/mol. The van der Waals surface area contributed by atoms with Crippen molar-refractivity contribution in [1.29, 1.82) is 0 Å². The van der Waals surface area contributed by atoms with Crippen molar-refractivity contribution in [2.45, 2.75) is 11.4 Å². The van der Waals surface area contributed by atoms with E-state index < -0.39 is 28.4 Å². The highest BCUT2D eigenvalue weighted by Crippen LogP contribution is 2.25. The van der Waals surface area contributed by atoms with Gasteiger partial charge >= 0.3 is 5.97 Å². The van der Waals surface area contributed by atoms with Crippen LogP contribution in [0.1, 0.15) is 21.5 Å². The molecule has 0 spiro atoms. The highest BCUT2D eigenvalue weighted by molar-refractivity contribution is 7.89. The summed E-state index contributed by atoms with van der Waals surface area (Å²) >= 11 is 18.0. The van der Waals surface area contributed by atoms with E-state index in [2.05, 4.69) is 10.5 Å². The normalized spacial score (nSPS) is 11.7. The van der Waals surface area contributed by atoms with Crippen molar-refractivity contribution in [2.24, 2.45) is 5.10 Å². The Kier molecular flexibility index (Phi) is 8.87. The van der Waals surface area contributed by atoms with E-state index in [4.69, 9.17) is 39.9 Å². The molecule has 3 aromatic carbocycles. The summed E-state index contributed by atoms with van der Waals surface area (Å²) in [4.78, 5) is 23.4. The summed E-state index contributed by atoms with van der Waals surface area (Å²) in [6.07, 6.45) is 1.30. The molecule has 35 heavy (non-hydrogen) atoms. The molecule has 0 saturated carbocycles. The molecule has 0 atom stereocenters. The zero-order chi connectivity index (χ0) is 25.6. The molecule has 0 unspecified atom stereocenters. The largest absolute Gasteiger partial charge is 0.478 e. The molecule has 2 N–H and O–H groups in total. The van der Waals surface area contributed by atoms with E-state index in [1.165, 1.54) is 60.8 Å². The summed E-state index contributed by atoms with van der Waals surface area (Å²) < 4.78 is 27.5. The van der Waals surface area contributed by atoms with Crippen LogP contribution in [0.4, 0.5) is 0 Å². The number of rotatable bonds is 9. The van der Waals surface area contributed by atoms with Gasteiger partial charge in [0.15, 0.2) is 0 Å². The van der Waals surface area contributed by atoms with E-state index in [0.29, 0.717) is 21.2 Å². The maximum Gasteiger partial charge on any atom is 0.335 e. The van der Waals surface area contributed by atoms with Crippen LogP contribution >= 0.6 is 34.8 Å². The van der Waals surface area contributed by atoms with Gasteiger partial charge in [0.2, 0.25) is 10.0 Å². The molecule has 12 heteroatoms. The molecular weight excluding hydrogens is 537 g/mol. The number of hydrazone groups is 1. The van der Waals surface area contributed by atoms with Gasteiger partial charge in [0, 0.05) is 21.6 Å². The second kappa shape index (κ2) is 11.7. The number of halogens is 3. The Balaban J connectivity index is 1.79. The Bertz CT molecular complexity index is 1360. The van der Waals surface area contributed by atoms with Gasteiger partial charge in [0.05, 0.1) is 23.2 Å². The van der Waals surface area contributed by atoms with Gasteiger partial charge in [-0.25, -0.2) is 18.6 Å². The van der Waals surface area contributed by atoms with E-state index in [0.717, 1.165) is 4.31 Å². The fourth-order valence-electron chi connectivity index (χ4n) is 2.91. The maximum atomic E-state index is 13.3. The molecule has 3 aromatic rings. The first-order chi connectivity index (χ1) is 16.6. The van der Waals surface area contributed by atoms with Crippen molar-refractivity contribution >= 4 is 62.9 Å². The van der Waals surface area contributed by atoms with Gasteiger partial charge in [-0.1, -0.05) is 53.0 Å². The van der Waals surface area contributed by atoms with Crippen LogP contribution in [0.2, 0.25) is 15.1 Å². The van der Waals surface area contributed by atoms with E-state index in [1.54, 1.807) is 12.1 Å². The number of hydrogen-bond acceptors (Lipinski definition) is 5. The monoisotopic (exact) mass is 553 g/mol. The van der Waals surface area contributed by atoms with Crippen LogP contribution in [-0.4, -0.2) is 42.5 Å². The van der Waals surface area contributed by atoms with Crippen LogP contribution in [-0.2, 0) is 21.4 Å². The number of nitrogens with one attached hydrogen (secondary N) is 1. The third kappa shape index (κ3) is 7.27. The fourth-order valence-corrected chi connectivity index (χ4v) is 4.88. The van der Waals surface area contributed by atoms with Gasteiger partial charge in [-0.3, -0.25) is 4.79 Å². The van der Waals surface area contributed by atoms with E-state index >= 15 is 0 Å². The molecule has 0 fully saturated rings. The molecule has 0 heterocycles. The van der Waals surface area contributed by atoms with Crippen LogP contribution in [0.5, 0.6) is 0 Å². The Hall–Kier alpha value is -2.95. The summed E-state index contributed by atoms with van der Waals surface area (Å²) in [6.45, 7) is -0.756. The van der Waals surface area contributed by atoms with Gasteiger partial charge in [0.1, 0.15) is 0 Å². The lowest BCUT2D eigenvalue weighted by Crippen LogP contribution is -2.39. The standard InChI is InChI=1S/C23H18Cl3N3O5S/c24-18-7-9-20(10-8-18)35(33,34)29(13-17-5-6-19(25)11-21(17)26)14-22(30)28-27-12-15-1-3-16(4-2-15)23(31)32/h1-12H,13-14H2,(H,28,30)(H,31,32)/b27-12-. The Morgan fingerprint density at radius 1 is 0.943 bits per heavy atom. The van der Waals surface area contributed by atoms with Gasteiger partial charge in [-0.05, 0) is 59.7 Å². The molecule has 0 aromatic heterocycles. The zero-order valence-corrected chi connectivity index (χ0v) is 20.9. The summed E-state index contributed by atoms with van der Waals surface area (Å²) in [5.41, 5.74) is 3.36. The molecule has 8 nitrogen and oxygen atoms in total. The second-order valence-electron chi connectivity index (χ2n) is 7.18. The van der Waals surface area contributed by atoms with E-state index in [-0.39, 0.29) is 22.0 Å². The minimum Gasteiger partial charge on any atom is -0.478 e. The molecule has 0 aliphatic heterocycles. The van der Waals surface area contributed by atoms with E-state index in [9.17, 15) is 18.0 Å². The number of benzene rings is 3. The predicted octanol–water partition coefficient (Wildman–Crippen LogP) is 4.69. The van der Waals surface area contributed by atoms with Crippen molar-refractivity contribution in [3.8, 4) is 0 Å². The molecule has 182 valence electrons. The Labute approximate surface area is 216 Å². The molecular formula is C23H18Cl3N3O5S. The predicted molar refractivity (Wildman–Crippen MR) is 135 cm³/mol. The first-order valence-corrected chi connectivity index (χ1v) is 12.5. The number of carbonyl (C=O) groups is 2. The number of nitrogens with zero attached hydrogens (tertiary/aromatic N) is 2. The maximum absolute atomic E-state index is 13.3. The second-order valence-corrected chi connectivity index (χ2v) is 10.4. The first-order valence-electron chi connectivity index (χ1n) is 9.91. The van der Waals surface area contributed by atoms with Crippen LogP contribution in [0.15, 0.2) is 76.7 Å². The number of carboxylic acid groups (broad SMARTS) is 1. The number of hydrogen-bond donors (Lipinski definition) is 2. The number of aromatic carboxylic acids is 1. The van der Waals surface area contributed by atoms with Crippen molar-refractivity contribution in [3.63, 3.8) is 0 Å². The van der Waals surface area contributed by atoms with Crippen molar-refractivity contribution in [2.75, 3.05) is 6.54 Å². The summed E-state index contributed by atoms with van der Waals surface area (Å²) in [5, 5.41) is 13.7. The lowest BCUT2D eigenvalue weighted by molar-refractivity contribution is -0.121. The zero-order valence-electron chi connectivity index (χ0n) is 17.9. The summed E-state index contributed by atoms with van der Waals surface area (Å²) in [6, 6.07) is 16.0. The van der Waals surface area contributed by atoms with Gasteiger partial charge < -0.3 is 5.11 Å². The molecule has 1 amide bonds. The van der Waals surface area contributed by atoms with E-state index in [1.807, 2.05) is 0 Å². The van der Waals surface area contributed by atoms with Crippen LogP contribution in [0, 0.1) is 0 Å². The number of carboxylic acids is 1. The topological polar surface area (TPSA) is 116 Å². The summed E-state index contributed by atoms with van der Waals surface area (Å²) in [5.74, 6) is -1.77. The van der Waals surface area contributed by atoms with Gasteiger partial charge in [0.25, 0.3) is 5.91 Å². The highest BCUT2D eigenvalue weighted by Gasteiger charge is 2.27. The lowest BCUT2D eigenvalue weighted by atomic mass is 10.1. The first kappa shape index (κ1) is 26.7. The average Bonchev–Trinajstić information content (AvgIpc) is 2.81. The lowest BCUT2D eigenvalue weighted by Gasteiger charge is -2.22. The molecule has 3 rings (SSSR count). The Morgan fingerprint density at radius 3 is 2.17 bits per heavy atom. The van der Waals surface area contributed by atoms with Gasteiger partial charge in [-0.2, -0.15) is 9.41 Å². The minimum absolute atomic E-state index is 0.0539. The molecule has 0 radical (unpaired) electrons. The van der Waals surface area contributed by atoms with Crippen molar-refractivity contribution < 1.29 is 23.1 Å².